The molecule has 0 spiro atoms. The van der Waals surface area contributed by atoms with Crippen LogP contribution >= 0.6 is 22.6 Å². The highest BCUT2D eigenvalue weighted by Gasteiger charge is 2.07. The zero-order valence-electron chi connectivity index (χ0n) is 7.68. The highest BCUT2D eigenvalue weighted by atomic mass is 127. The van der Waals surface area contributed by atoms with E-state index >= 15 is 0 Å². The zero-order valence-corrected chi connectivity index (χ0v) is 9.83. The van der Waals surface area contributed by atoms with Crippen molar-refractivity contribution in [2.45, 2.75) is 0 Å². The smallest absolute Gasteiger partial charge is 0.137 e. The van der Waals surface area contributed by atoms with Gasteiger partial charge in [0.15, 0.2) is 0 Å². The number of hydrogen-bond donors (Lipinski definition) is 0. The van der Waals surface area contributed by atoms with Crippen molar-refractivity contribution in [3.8, 4) is 11.1 Å². The lowest BCUT2D eigenvalue weighted by molar-refractivity contribution is 0.620. The second-order valence-corrected chi connectivity index (χ2v) is 4.19. The quantitative estimate of drug-likeness (QED) is 0.691. The molecule has 15 heavy (non-hydrogen) atoms. The van der Waals surface area contributed by atoms with Gasteiger partial charge >= 0.3 is 0 Å². The molecule has 0 fully saturated rings. The molecular weight excluding hydrogens is 309 g/mol. The van der Waals surface area contributed by atoms with E-state index in [2.05, 4.69) is 0 Å². The third kappa shape index (κ3) is 2.17. The average Bonchev–Trinajstić information content (AvgIpc) is 2.22. The fourth-order valence-electron chi connectivity index (χ4n) is 1.38. The Bertz CT molecular complexity index is 495. The van der Waals surface area contributed by atoms with Gasteiger partial charge < -0.3 is 0 Å². The average molecular weight is 316 g/mol. The summed E-state index contributed by atoms with van der Waals surface area (Å²) in [5, 5.41) is 0. The molecule has 0 aromatic heterocycles. The van der Waals surface area contributed by atoms with Gasteiger partial charge in [-0.25, -0.2) is 8.78 Å². The van der Waals surface area contributed by atoms with E-state index in [1.165, 1.54) is 18.2 Å². The van der Waals surface area contributed by atoms with E-state index in [0.29, 0.717) is 9.13 Å². The molecule has 0 bridgehead atoms. The fourth-order valence-corrected chi connectivity index (χ4v) is 2.05. The molecule has 2 rings (SSSR count). The Labute approximate surface area is 100 Å². The summed E-state index contributed by atoms with van der Waals surface area (Å²) in [6.07, 6.45) is 0. The van der Waals surface area contributed by atoms with E-state index in [-0.39, 0.29) is 11.6 Å². The van der Waals surface area contributed by atoms with Crippen molar-refractivity contribution in [3.63, 3.8) is 0 Å². The van der Waals surface area contributed by atoms with Crippen molar-refractivity contribution in [2.24, 2.45) is 0 Å². The Morgan fingerprint density at radius 1 is 0.933 bits per heavy atom. The van der Waals surface area contributed by atoms with Crippen LogP contribution in [0.15, 0.2) is 42.5 Å². The Balaban J connectivity index is 2.59. The Morgan fingerprint density at radius 2 is 1.67 bits per heavy atom. The van der Waals surface area contributed by atoms with Gasteiger partial charge in [-0.05, 0) is 51.9 Å². The maximum atomic E-state index is 13.3. The van der Waals surface area contributed by atoms with Crippen LogP contribution in [0.4, 0.5) is 8.78 Å². The topological polar surface area (TPSA) is 0 Å². The number of rotatable bonds is 1. The molecule has 0 aliphatic carbocycles. The van der Waals surface area contributed by atoms with E-state index in [4.69, 9.17) is 0 Å². The predicted molar refractivity (Wildman–Crippen MR) is 64.5 cm³/mol. The molecule has 3 heteroatoms. The van der Waals surface area contributed by atoms with Crippen molar-refractivity contribution < 1.29 is 8.78 Å². The summed E-state index contributed by atoms with van der Waals surface area (Å²) in [6, 6.07) is 10.9. The minimum atomic E-state index is -0.312. The molecule has 0 radical (unpaired) electrons. The van der Waals surface area contributed by atoms with Crippen molar-refractivity contribution in [1.82, 2.24) is 0 Å². The van der Waals surface area contributed by atoms with Gasteiger partial charge in [-0.2, -0.15) is 0 Å². The first-order chi connectivity index (χ1) is 7.18. The molecule has 2 aromatic carbocycles. The highest BCUT2D eigenvalue weighted by molar-refractivity contribution is 14.1. The SMILES string of the molecule is Fc1cccc(-c2cccc(F)c2I)c1. The lowest BCUT2D eigenvalue weighted by atomic mass is 10.1. The lowest BCUT2D eigenvalue weighted by Crippen LogP contribution is -1.87. The van der Waals surface area contributed by atoms with Crippen LogP contribution in [0.25, 0.3) is 11.1 Å². The first-order valence-electron chi connectivity index (χ1n) is 4.38. The molecule has 2 aromatic rings. The van der Waals surface area contributed by atoms with Gasteiger partial charge in [0.1, 0.15) is 11.6 Å². The minimum Gasteiger partial charge on any atom is -0.207 e. The van der Waals surface area contributed by atoms with Crippen LogP contribution < -0.4 is 0 Å². The molecule has 0 saturated carbocycles. The maximum absolute atomic E-state index is 13.3. The molecule has 0 N–H and O–H groups in total. The summed E-state index contributed by atoms with van der Waals surface area (Å²) < 4.78 is 26.8. The molecule has 0 unspecified atom stereocenters. The summed E-state index contributed by atoms with van der Waals surface area (Å²) in [6.45, 7) is 0. The second kappa shape index (κ2) is 4.26. The van der Waals surface area contributed by atoms with Crippen LogP contribution in [0.1, 0.15) is 0 Å². The van der Waals surface area contributed by atoms with Gasteiger partial charge in [-0.15, -0.1) is 0 Å². The third-order valence-electron chi connectivity index (χ3n) is 2.09. The van der Waals surface area contributed by atoms with Gasteiger partial charge in [-0.1, -0.05) is 24.3 Å². The van der Waals surface area contributed by atoms with Crippen LogP contribution in [-0.2, 0) is 0 Å². The zero-order chi connectivity index (χ0) is 10.8. The van der Waals surface area contributed by atoms with E-state index in [9.17, 15) is 8.78 Å². The van der Waals surface area contributed by atoms with Crippen molar-refractivity contribution in [1.29, 1.82) is 0 Å². The second-order valence-electron chi connectivity index (χ2n) is 3.11. The van der Waals surface area contributed by atoms with Gasteiger partial charge in [0.2, 0.25) is 0 Å². The molecule has 0 amide bonds. The molecule has 76 valence electrons. The molecular formula is C12H7F2I. The van der Waals surface area contributed by atoms with E-state index < -0.39 is 0 Å². The molecule has 0 aliphatic heterocycles. The normalized spacial score (nSPS) is 10.3. The van der Waals surface area contributed by atoms with Crippen LogP contribution in [0.3, 0.4) is 0 Å². The van der Waals surface area contributed by atoms with Gasteiger partial charge in [0.05, 0.1) is 3.57 Å². The lowest BCUT2D eigenvalue weighted by Gasteiger charge is -2.05. The van der Waals surface area contributed by atoms with E-state index in [1.54, 1.807) is 24.3 Å². The first-order valence-corrected chi connectivity index (χ1v) is 5.46. The van der Waals surface area contributed by atoms with E-state index in [1.807, 2.05) is 22.6 Å². The largest absolute Gasteiger partial charge is 0.207 e. The predicted octanol–water partition coefficient (Wildman–Crippen LogP) is 4.24. The van der Waals surface area contributed by atoms with Gasteiger partial charge in [0, 0.05) is 0 Å². The molecule has 0 heterocycles. The summed E-state index contributed by atoms with van der Waals surface area (Å²) in [7, 11) is 0. The Kier molecular flexibility index (Phi) is 3.00. The fraction of sp³-hybridized carbons (Fsp3) is 0. The van der Waals surface area contributed by atoms with Crippen molar-refractivity contribution in [2.75, 3.05) is 0 Å². The van der Waals surface area contributed by atoms with Gasteiger partial charge in [0.25, 0.3) is 0 Å². The molecule has 0 nitrogen and oxygen atoms in total. The van der Waals surface area contributed by atoms with Crippen LogP contribution in [0.5, 0.6) is 0 Å². The van der Waals surface area contributed by atoms with Crippen LogP contribution in [0, 0.1) is 15.2 Å². The Hall–Kier alpha value is -0.970. The minimum absolute atomic E-state index is 0.280. The van der Waals surface area contributed by atoms with Crippen LogP contribution in [-0.4, -0.2) is 0 Å². The summed E-state index contributed by atoms with van der Waals surface area (Å²) >= 11 is 1.92. The number of benzene rings is 2. The molecule has 0 saturated heterocycles. The first kappa shape index (κ1) is 10.5. The standard InChI is InChI=1S/C12H7F2I/c13-9-4-1-3-8(7-9)10-5-2-6-11(14)12(10)15/h1-7H. The summed E-state index contributed by atoms with van der Waals surface area (Å²) in [5.74, 6) is -0.593. The summed E-state index contributed by atoms with van der Waals surface area (Å²) in [4.78, 5) is 0. The maximum Gasteiger partial charge on any atom is 0.137 e. The number of hydrogen-bond acceptors (Lipinski definition) is 0. The third-order valence-corrected chi connectivity index (χ3v) is 3.18. The number of halogens is 3. The monoisotopic (exact) mass is 316 g/mol. The molecule has 0 atom stereocenters. The molecule has 0 aliphatic rings. The summed E-state index contributed by atoms with van der Waals surface area (Å²) in [5.41, 5.74) is 1.41. The van der Waals surface area contributed by atoms with Crippen molar-refractivity contribution in [3.05, 3.63) is 57.7 Å². The van der Waals surface area contributed by atoms with E-state index in [0.717, 1.165) is 5.56 Å². The van der Waals surface area contributed by atoms with Gasteiger partial charge in [-0.3, -0.25) is 0 Å². The van der Waals surface area contributed by atoms with Crippen molar-refractivity contribution >= 4 is 22.6 Å². The Morgan fingerprint density at radius 3 is 2.40 bits per heavy atom. The highest BCUT2D eigenvalue weighted by Crippen LogP contribution is 2.27. The van der Waals surface area contributed by atoms with Crippen LogP contribution in [0.2, 0.25) is 0 Å².